The van der Waals surface area contributed by atoms with Crippen LogP contribution in [0.4, 0.5) is 0 Å². The molecule has 0 spiro atoms. The summed E-state index contributed by atoms with van der Waals surface area (Å²) in [5.41, 5.74) is 0.777. The minimum Gasteiger partial charge on any atom is -0.390 e. The molecule has 0 saturated carbocycles. The molecule has 1 unspecified atom stereocenters. The van der Waals surface area contributed by atoms with Crippen molar-refractivity contribution in [3.8, 4) is 0 Å². The summed E-state index contributed by atoms with van der Waals surface area (Å²) in [5, 5.41) is 12.8. The van der Waals surface area contributed by atoms with Crippen LogP contribution in [-0.4, -0.2) is 47.6 Å². The zero-order valence-corrected chi connectivity index (χ0v) is 12.1. The van der Waals surface area contributed by atoms with Gasteiger partial charge in [0.05, 0.1) is 23.8 Å². The number of imide groups is 1. The van der Waals surface area contributed by atoms with Crippen LogP contribution in [0.5, 0.6) is 0 Å². The van der Waals surface area contributed by atoms with Crippen molar-refractivity contribution in [2.75, 3.05) is 19.6 Å². The highest BCUT2D eigenvalue weighted by Crippen LogP contribution is 2.25. The van der Waals surface area contributed by atoms with Crippen molar-refractivity contribution in [3.05, 3.63) is 33.8 Å². The Hall–Kier alpha value is -1.24. The highest BCUT2D eigenvalue weighted by molar-refractivity contribution is 9.10. The molecule has 19 heavy (non-hydrogen) atoms. The Morgan fingerprint density at radius 2 is 2.00 bits per heavy atom. The van der Waals surface area contributed by atoms with E-state index in [-0.39, 0.29) is 18.4 Å². The van der Waals surface area contributed by atoms with Gasteiger partial charge in [0.2, 0.25) is 0 Å². The first-order valence-corrected chi connectivity index (χ1v) is 6.88. The van der Waals surface area contributed by atoms with Gasteiger partial charge in [0.1, 0.15) is 0 Å². The number of halogens is 1. The number of rotatable bonds is 5. The van der Waals surface area contributed by atoms with Crippen molar-refractivity contribution < 1.29 is 14.7 Å². The number of fused-ring (bicyclic) bond motifs is 1. The summed E-state index contributed by atoms with van der Waals surface area (Å²) >= 11 is 3.28. The molecule has 6 heteroatoms. The molecule has 0 saturated heterocycles. The fourth-order valence-corrected chi connectivity index (χ4v) is 2.38. The molecule has 2 N–H and O–H groups in total. The molecule has 2 amide bonds. The Bertz CT molecular complexity index is 519. The maximum Gasteiger partial charge on any atom is 0.261 e. The van der Waals surface area contributed by atoms with Crippen LogP contribution >= 0.6 is 15.9 Å². The van der Waals surface area contributed by atoms with E-state index in [1.54, 1.807) is 18.2 Å². The van der Waals surface area contributed by atoms with Gasteiger partial charge in [0.25, 0.3) is 11.8 Å². The van der Waals surface area contributed by atoms with Gasteiger partial charge in [-0.1, -0.05) is 22.9 Å². The van der Waals surface area contributed by atoms with E-state index in [2.05, 4.69) is 21.2 Å². The monoisotopic (exact) mass is 326 g/mol. The summed E-state index contributed by atoms with van der Waals surface area (Å²) in [5.74, 6) is -0.695. The van der Waals surface area contributed by atoms with E-state index >= 15 is 0 Å². The largest absolute Gasteiger partial charge is 0.390 e. The Labute approximate surface area is 119 Å². The van der Waals surface area contributed by atoms with Gasteiger partial charge in [-0.05, 0) is 24.7 Å². The highest BCUT2D eigenvalue weighted by Gasteiger charge is 2.36. The van der Waals surface area contributed by atoms with Crippen molar-refractivity contribution in [2.24, 2.45) is 0 Å². The first-order valence-electron chi connectivity index (χ1n) is 6.09. The molecule has 0 radical (unpaired) electrons. The van der Waals surface area contributed by atoms with Crippen LogP contribution in [0.3, 0.4) is 0 Å². The fourth-order valence-electron chi connectivity index (χ4n) is 2.02. The third kappa shape index (κ3) is 2.86. The number of aliphatic hydroxyl groups is 1. The quantitative estimate of drug-likeness (QED) is 0.792. The van der Waals surface area contributed by atoms with Gasteiger partial charge in [-0.2, -0.15) is 0 Å². The van der Waals surface area contributed by atoms with Crippen molar-refractivity contribution in [1.29, 1.82) is 0 Å². The average Bonchev–Trinajstić information content (AvgIpc) is 2.61. The van der Waals surface area contributed by atoms with Crippen LogP contribution in [0.25, 0.3) is 0 Å². The van der Waals surface area contributed by atoms with Gasteiger partial charge in [-0.25, -0.2) is 0 Å². The maximum atomic E-state index is 12.1. The van der Waals surface area contributed by atoms with Gasteiger partial charge in [0.15, 0.2) is 0 Å². The SMILES string of the molecule is CCNCC(O)CN1C(=O)c2ccc(Br)cc2C1=O. The van der Waals surface area contributed by atoms with Crippen molar-refractivity contribution >= 4 is 27.7 Å². The first kappa shape index (κ1) is 14.2. The number of aliphatic hydroxyl groups excluding tert-OH is 1. The number of nitrogens with zero attached hydrogens (tertiary/aromatic N) is 1. The van der Waals surface area contributed by atoms with Gasteiger partial charge in [0, 0.05) is 11.0 Å². The smallest absolute Gasteiger partial charge is 0.261 e. The van der Waals surface area contributed by atoms with Crippen molar-refractivity contribution in [2.45, 2.75) is 13.0 Å². The van der Waals surface area contributed by atoms with E-state index in [1.165, 1.54) is 0 Å². The second kappa shape index (κ2) is 5.81. The van der Waals surface area contributed by atoms with Gasteiger partial charge in [-0.15, -0.1) is 0 Å². The maximum absolute atomic E-state index is 12.1. The number of carbonyl (C=O) groups is 2. The molecule has 2 rings (SSSR count). The Kier molecular flexibility index (Phi) is 4.34. The van der Waals surface area contributed by atoms with E-state index in [0.29, 0.717) is 17.7 Å². The molecule has 0 aliphatic carbocycles. The number of β-amino-alcohol motifs (C(OH)–C–C–N with tert-alkyl or cyclic N) is 1. The van der Waals surface area contributed by atoms with Crippen LogP contribution in [0.15, 0.2) is 22.7 Å². The summed E-state index contributed by atoms with van der Waals surface area (Å²) in [6, 6.07) is 4.98. The number of hydrogen-bond donors (Lipinski definition) is 2. The lowest BCUT2D eigenvalue weighted by Crippen LogP contribution is -2.41. The molecule has 0 aromatic heterocycles. The lowest BCUT2D eigenvalue weighted by atomic mass is 10.1. The predicted molar refractivity (Wildman–Crippen MR) is 74.1 cm³/mol. The molecular weight excluding hydrogens is 312 g/mol. The van der Waals surface area contributed by atoms with Gasteiger partial charge in [-0.3, -0.25) is 14.5 Å². The Morgan fingerprint density at radius 3 is 2.68 bits per heavy atom. The standard InChI is InChI=1S/C13H15BrN2O3/c1-2-15-6-9(17)7-16-12(18)10-4-3-8(14)5-11(10)13(16)19/h3-5,9,15,17H,2,6-7H2,1H3. The predicted octanol–water partition coefficient (Wildman–Crippen LogP) is 1.02. The topological polar surface area (TPSA) is 69.6 Å². The second-order valence-electron chi connectivity index (χ2n) is 4.37. The van der Waals surface area contributed by atoms with Crippen LogP contribution in [-0.2, 0) is 0 Å². The van der Waals surface area contributed by atoms with Gasteiger partial charge >= 0.3 is 0 Å². The zero-order chi connectivity index (χ0) is 14.0. The second-order valence-corrected chi connectivity index (χ2v) is 5.29. The highest BCUT2D eigenvalue weighted by atomic mass is 79.9. The van der Waals surface area contributed by atoms with E-state index in [1.807, 2.05) is 6.92 Å². The van der Waals surface area contributed by atoms with E-state index in [4.69, 9.17) is 0 Å². The Balaban J connectivity index is 2.14. The number of benzene rings is 1. The average molecular weight is 327 g/mol. The number of nitrogens with one attached hydrogen (secondary N) is 1. The van der Waals surface area contributed by atoms with Crippen molar-refractivity contribution in [3.63, 3.8) is 0 Å². The van der Waals surface area contributed by atoms with Gasteiger partial charge < -0.3 is 10.4 Å². The normalized spacial score (nSPS) is 15.8. The number of likely N-dealkylation sites (N-methyl/N-ethyl adjacent to an activating group) is 1. The lowest BCUT2D eigenvalue weighted by Gasteiger charge is -2.18. The van der Waals surface area contributed by atoms with E-state index in [9.17, 15) is 14.7 Å². The lowest BCUT2D eigenvalue weighted by molar-refractivity contribution is 0.0545. The third-order valence-electron chi connectivity index (χ3n) is 2.96. The molecule has 0 fully saturated rings. The van der Waals surface area contributed by atoms with E-state index in [0.717, 1.165) is 15.9 Å². The molecular formula is C13H15BrN2O3. The molecule has 102 valence electrons. The first-order chi connectivity index (χ1) is 9.04. The van der Waals surface area contributed by atoms with Crippen molar-refractivity contribution in [1.82, 2.24) is 10.2 Å². The molecule has 0 bridgehead atoms. The number of carbonyl (C=O) groups excluding carboxylic acids is 2. The van der Waals surface area contributed by atoms with Crippen LogP contribution in [0.1, 0.15) is 27.6 Å². The summed E-state index contributed by atoms with van der Waals surface area (Å²) in [4.78, 5) is 25.3. The molecule has 5 nitrogen and oxygen atoms in total. The molecule has 1 atom stereocenters. The van der Waals surface area contributed by atoms with Crippen LogP contribution < -0.4 is 5.32 Å². The van der Waals surface area contributed by atoms with Crippen LogP contribution in [0, 0.1) is 0 Å². The summed E-state index contributed by atoms with van der Waals surface area (Å²) < 4.78 is 0.752. The molecule has 1 aromatic carbocycles. The minimum absolute atomic E-state index is 0.0109. The minimum atomic E-state index is -0.759. The molecule has 1 heterocycles. The molecule has 1 aromatic rings. The van der Waals surface area contributed by atoms with E-state index < -0.39 is 6.10 Å². The number of amides is 2. The zero-order valence-electron chi connectivity index (χ0n) is 10.5. The summed E-state index contributed by atoms with van der Waals surface area (Å²) in [7, 11) is 0. The third-order valence-corrected chi connectivity index (χ3v) is 3.45. The summed E-state index contributed by atoms with van der Waals surface area (Å²) in [6.45, 7) is 3.02. The number of hydrogen-bond acceptors (Lipinski definition) is 4. The Morgan fingerprint density at radius 1 is 1.32 bits per heavy atom. The molecule has 1 aliphatic rings. The van der Waals surface area contributed by atoms with Crippen LogP contribution in [0.2, 0.25) is 0 Å². The fraction of sp³-hybridized carbons (Fsp3) is 0.385. The summed E-state index contributed by atoms with van der Waals surface area (Å²) in [6.07, 6.45) is -0.759. The molecule has 1 aliphatic heterocycles.